The van der Waals surface area contributed by atoms with Gasteiger partial charge >= 0.3 is 0 Å². The Kier molecular flexibility index (Phi) is 4.73. The average molecular weight is 413 g/mol. The number of hydrogen-bond donors (Lipinski definition) is 0. The first-order valence-electron chi connectivity index (χ1n) is 8.31. The number of nitriles is 1. The summed E-state index contributed by atoms with van der Waals surface area (Å²) in [7, 11) is 0. The van der Waals surface area contributed by atoms with E-state index in [4.69, 9.17) is 5.26 Å². The second-order valence-corrected chi connectivity index (χ2v) is 6.78. The lowest BCUT2D eigenvalue weighted by atomic mass is 10.1. The van der Waals surface area contributed by atoms with Crippen LogP contribution in [0.5, 0.6) is 0 Å². The van der Waals surface area contributed by atoms with Crippen molar-refractivity contribution in [1.82, 2.24) is 15.0 Å². The van der Waals surface area contributed by atoms with Gasteiger partial charge in [0.05, 0.1) is 11.6 Å². The van der Waals surface area contributed by atoms with E-state index in [1.165, 1.54) is 0 Å². The predicted octanol–water partition coefficient (Wildman–Crippen LogP) is 5.51. The Morgan fingerprint density at radius 2 is 1.04 bits per heavy atom. The summed E-state index contributed by atoms with van der Waals surface area (Å²) >= 11 is 3.45. The molecule has 0 saturated carbocycles. The molecule has 0 saturated heterocycles. The molecule has 0 aliphatic heterocycles. The Hall–Kier alpha value is -3.36. The van der Waals surface area contributed by atoms with Crippen LogP contribution in [0.2, 0.25) is 0 Å². The first-order valence-corrected chi connectivity index (χ1v) is 9.10. The molecule has 128 valence electrons. The maximum atomic E-state index is 9.01. The van der Waals surface area contributed by atoms with Crippen molar-refractivity contribution in [1.29, 1.82) is 5.26 Å². The van der Waals surface area contributed by atoms with Gasteiger partial charge in [0.2, 0.25) is 0 Å². The fourth-order valence-corrected chi connectivity index (χ4v) is 2.91. The lowest BCUT2D eigenvalue weighted by Crippen LogP contribution is -2.00. The van der Waals surface area contributed by atoms with E-state index >= 15 is 0 Å². The second-order valence-electron chi connectivity index (χ2n) is 5.87. The SMILES string of the molecule is N#Cc1ccc(-c2nc(-c3ccccc3)nc(-c3ccc(Br)cc3)n2)cc1. The van der Waals surface area contributed by atoms with E-state index in [1.807, 2.05) is 66.7 Å². The molecule has 4 rings (SSSR count). The Labute approximate surface area is 165 Å². The van der Waals surface area contributed by atoms with Crippen molar-refractivity contribution in [2.24, 2.45) is 0 Å². The summed E-state index contributed by atoms with van der Waals surface area (Å²) in [5.41, 5.74) is 3.27. The lowest BCUT2D eigenvalue weighted by molar-refractivity contribution is 1.07. The van der Waals surface area contributed by atoms with Crippen LogP contribution in [0.1, 0.15) is 5.56 Å². The highest BCUT2D eigenvalue weighted by Gasteiger charge is 2.12. The molecule has 4 nitrogen and oxygen atoms in total. The molecule has 0 fully saturated rings. The first kappa shape index (κ1) is 17.1. The molecule has 0 aliphatic rings. The highest BCUT2D eigenvalue weighted by molar-refractivity contribution is 9.10. The summed E-state index contributed by atoms with van der Waals surface area (Å²) in [6.07, 6.45) is 0. The van der Waals surface area contributed by atoms with Crippen LogP contribution in [0.25, 0.3) is 34.2 Å². The lowest BCUT2D eigenvalue weighted by Gasteiger charge is -2.08. The molecule has 4 aromatic rings. The molecule has 0 spiro atoms. The zero-order chi connectivity index (χ0) is 18.6. The van der Waals surface area contributed by atoms with Crippen molar-refractivity contribution in [2.45, 2.75) is 0 Å². The largest absolute Gasteiger partial charge is 0.208 e. The summed E-state index contributed by atoms with van der Waals surface area (Å²) < 4.78 is 0.996. The van der Waals surface area contributed by atoms with Crippen LogP contribution in [0.4, 0.5) is 0 Å². The topological polar surface area (TPSA) is 62.5 Å². The summed E-state index contributed by atoms with van der Waals surface area (Å²) in [6, 6.07) is 27.1. The van der Waals surface area contributed by atoms with Crippen LogP contribution in [0.3, 0.4) is 0 Å². The van der Waals surface area contributed by atoms with Crippen LogP contribution in [0, 0.1) is 11.3 Å². The Bertz CT molecular complexity index is 1120. The highest BCUT2D eigenvalue weighted by Crippen LogP contribution is 2.25. The van der Waals surface area contributed by atoms with Crippen molar-refractivity contribution in [3.05, 3.63) is 88.9 Å². The van der Waals surface area contributed by atoms with Crippen LogP contribution < -0.4 is 0 Å². The molecule has 1 aromatic heterocycles. The molecule has 5 heteroatoms. The monoisotopic (exact) mass is 412 g/mol. The number of benzene rings is 3. The van der Waals surface area contributed by atoms with Crippen LogP contribution in [-0.4, -0.2) is 15.0 Å². The predicted molar refractivity (Wildman–Crippen MR) is 109 cm³/mol. The van der Waals surface area contributed by atoms with E-state index < -0.39 is 0 Å². The van der Waals surface area contributed by atoms with Gasteiger partial charge in [0, 0.05) is 21.2 Å². The molecular formula is C22H13BrN4. The Balaban J connectivity index is 1.88. The van der Waals surface area contributed by atoms with Gasteiger partial charge in [0.15, 0.2) is 17.5 Å². The van der Waals surface area contributed by atoms with Gasteiger partial charge in [0.1, 0.15) is 0 Å². The van der Waals surface area contributed by atoms with Gasteiger partial charge < -0.3 is 0 Å². The van der Waals surface area contributed by atoms with Crippen LogP contribution >= 0.6 is 15.9 Å². The summed E-state index contributed by atoms with van der Waals surface area (Å²) in [5.74, 6) is 1.80. The summed E-state index contributed by atoms with van der Waals surface area (Å²) in [5, 5.41) is 9.01. The zero-order valence-electron chi connectivity index (χ0n) is 14.2. The first-order chi connectivity index (χ1) is 13.2. The van der Waals surface area contributed by atoms with Gasteiger partial charge in [0.25, 0.3) is 0 Å². The van der Waals surface area contributed by atoms with Crippen molar-refractivity contribution in [2.75, 3.05) is 0 Å². The highest BCUT2D eigenvalue weighted by atomic mass is 79.9. The minimum absolute atomic E-state index is 0.575. The van der Waals surface area contributed by atoms with Gasteiger partial charge in [-0.3, -0.25) is 0 Å². The van der Waals surface area contributed by atoms with Crippen molar-refractivity contribution in [3.8, 4) is 40.2 Å². The van der Waals surface area contributed by atoms with Crippen molar-refractivity contribution < 1.29 is 0 Å². The molecule has 0 amide bonds. The second kappa shape index (κ2) is 7.48. The Morgan fingerprint density at radius 3 is 1.52 bits per heavy atom. The van der Waals surface area contributed by atoms with E-state index in [1.54, 1.807) is 12.1 Å². The summed E-state index contributed by atoms with van der Waals surface area (Å²) in [6.45, 7) is 0. The normalized spacial score (nSPS) is 10.4. The summed E-state index contributed by atoms with van der Waals surface area (Å²) in [4.78, 5) is 14.0. The number of halogens is 1. The molecule has 0 unspecified atom stereocenters. The molecule has 0 N–H and O–H groups in total. The Morgan fingerprint density at radius 1 is 0.593 bits per heavy atom. The molecule has 0 radical (unpaired) electrons. The van der Waals surface area contributed by atoms with Gasteiger partial charge in [-0.2, -0.15) is 5.26 Å². The van der Waals surface area contributed by atoms with Crippen molar-refractivity contribution in [3.63, 3.8) is 0 Å². The van der Waals surface area contributed by atoms with E-state index in [2.05, 4.69) is 37.0 Å². The molecular weight excluding hydrogens is 400 g/mol. The average Bonchev–Trinajstić information content (AvgIpc) is 2.74. The molecule has 0 bridgehead atoms. The third kappa shape index (κ3) is 3.76. The van der Waals surface area contributed by atoms with Gasteiger partial charge in [-0.25, -0.2) is 15.0 Å². The number of aromatic nitrogens is 3. The van der Waals surface area contributed by atoms with Gasteiger partial charge in [-0.05, 0) is 36.4 Å². The molecule has 1 heterocycles. The maximum absolute atomic E-state index is 9.01. The third-order valence-electron chi connectivity index (χ3n) is 4.04. The van der Waals surface area contributed by atoms with E-state index in [0.29, 0.717) is 23.0 Å². The minimum Gasteiger partial charge on any atom is -0.208 e. The van der Waals surface area contributed by atoms with Gasteiger partial charge in [-0.15, -0.1) is 0 Å². The maximum Gasteiger partial charge on any atom is 0.164 e. The number of hydrogen-bond acceptors (Lipinski definition) is 4. The van der Waals surface area contributed by atoms with Crippen LogP contribution in [-0.2, 0) is 0 Å². The van der Waals surface area contributed by atoms with Crippen LogP contribution in [0.15, 0.2) is 83.3 Å². The minimum atomic E-state index is 0.575. The molecule has 0 aliphatic carbocycles. The molecule has 3 aromatic carbocycles. The fraction of sp³-hybridized carbons (Fsp3) is 0. The smallest absolute Gasteiger partial charge is 0.164 e. The van der Waals surface area contributed by atoms with E-state index in [-0.39, 0.29) is 0 Å². The van der Waals surface area contributed by atoms with Gasteiger partial charge in [-0.1, -0.05) is 58.4 Å². The molecule has 27 heavy (non-hydrogen) atoms. The van der Waals surface area contributed by atoms with E-state index in [9.17, 15) is 0 Å². The quantitative estimate of drug-likeness (QED) is 0.445. The number of nitrogens with zero attached hydrogens (tertiary/aromatic N) is 4. The fourth-order valence-electron chi connectivity index (χ4n) is 2.64. The molecule has 0 atom stereocenters. The standard InChI is InChI=1S/C22H13BrN4/c23-19-12-10-18(11-13-19)22-26-20(16-4-2-1-3-5-16)25-21(27-22)17-8-6-15(14-24)7-9-17/h1-13H. The zero-order valence-corrected chi connectivity index (χ0v) is 15.8. The van der Waals surface area contributed by atoms with E-state index in [0.717, 1.165) is 21.2 Å². The third-order valence-corrected chi connectivity index (χ3v) is 4.57. The van der Waals surface area contributed by atoms with Crippen molar-refractivity contribution >= 4 is 15.9 Å². The number of rotatable bonds is 3.